The van der Waals surface area contributed by atoms with E-state index in [4.69, 9.17) is 9.47 Å². The minimum Gasteiger partial charge on any atom is -0.493 e. The van der Waals surface area contributed by atoms with E-state index in [-0.39, 0.29) is 11.8 Å². The number of rotatable bonds is 8. The third-order valence-electron chi connectivity index (χ3n) is 6.65. The Hall–Kier alpha value is -3.26. The number of nitrogens with zero attached hydrogens (tertiary/aromatic N) is 3. The van der Waals surface area contributed by atoms with Crippen LogP contribution in [-0.2, 0) is 4.79 Å². The van der Waals surface area contributed by atoms with Crippen molar-refractivity contribution in [1.82, 2.24) is 15.1 Å². The second kappa shape index (κ2) is 11.2. The predicted octanol–water partition coefficient (Wildman–Crippen LogP) is 2.10. The first-order valence-electron chi connectivity index (χ1n) is 11.9. The number of carbonyl (C=O) groups is 2. The lowest BCUT2D eigenvalue weighted by Crippen LogP contribution is -2.51. The zero-order valence-corrected chi connectivity index (χ0v) is 20.0. The molecule has 2 saturated heterocycles. The van der Waals surface area contributed by atoms with Crippen LogP contribution >= 0.6 is 0 Å². The lowest BCUT2D eigenvalue weighted by Gasteiger charge is -2.34. The molecule has 2 fully saturated rings. The van der Waals surface area contributed by atoms with Crippen LogP contribution in [0.25, 0.3) is 0 Å². The molecular formula is C26H34N4O4. The van der Waals surface area contributed by atoms with E-state index in [9.17, 15) is 9.59 Å². The molecule has 1 atom stereocenters. The second-order valence-corrected chi connectivity index (χ2v) is 8.88. The van der Waals surface area contributed by atoms with Crippen LogP contribution in [0.2, 0.25) is 0 Å². The molecule has 2 aromatic rings. The quantitative estimate of drug-likeness (QED) is 0.642. The standard InChI is InChI=1S/C26H34N4O4/c1-33-23-9-8-21(16-24(23)34-2)26(32)29-14-12-28(13-15-29)19-25(31)27-17-20-10-11-30(18-20)22-6-4-3-5-7-22/h3-9,16,20H,10-15,17-19H2,1-2H3,(H,27,31). The molecule has 0 spiro atoms. The number of amides is 2. The van der Waals surface area contributed by atoms with E-state index >= 15 is 0 Å². The Bertz CT molecular complexity index is 976. The van der Waals surface area contributed by atoms with Gasteiger partial charge in [0, 0.05) is 57.1 Å². The topological polar surface area (TPSA) is 74.4 Å². The highest BCUT2D eigenvalue weighted by Crippen LogP contribution is 2.28. The molecule has 2 heterocycles. The SMILES string of the molecule is COc1ccc(C(=O)N2CCN(CC(=O)NCC3CCN(c4ccccc4)C3)CC2)cc1OC. The number of hydrogen-bond acceptors (Lipinski definition) is 6. The van der Waals surface area contributed by atoms with Gasteiger partial charge in [-0.2, -0.15) is 0 Å². The molecule has 1 unspecified atom stereocenters. The van der Waals surface area contributed by atoms with Crippen molar-refractivity contribution < 1.29 is 19.1 Å². The van der Waals surface area contributed by atoms with E-state index in [2.05, 4.69) is 39.4 Å². The fourth-order valence-electron chi connectivity index (χ4n) is 4.65. The molecule has 2 aliphatic rings. The molecule has 0 bridgehead atoms. The molecule has 34 heavy (non-hydrogen) atoms. The first-order chi connectivity index (χ1) is 16.6. The van der Waals surface area contributed by atoms with Crippen molar-refractivity contribution in [2.75, 3.05) is 71.5 Å². The third-order valence-corrected chi connectivity index (χ3v) is 6.65. The Labute approximate surface area is 201 Å². The number of ether oxygens (including phenoxy) is 2. The molecule has 2 amide bonds. The van der Waals surface area contributed by atoms with Crippen LogP contribution < -0.4 is 19.7 Å². The number of hydrogen-bond donors (Lipinski definition) is 1. The molecule has 0 radical (unpaired) electrons. The van der Waals surface area contributed by atoms with Crippen molar-refractivity contribution in [1.29, 1.82) is 0 Å². The average Bonchev–Trinajstić information content (AvgIpc) is 3.37. The van der Waals surface area contributed by atoms with E-state index in [1.54, 1.807) is 32.4 Å². The van der Waals surface area contributed by atoms with Crippen molar-refractivity contribution in [3.63, 3.8) is 0 Å². The van der Waals surface area contributed by atoms with Gasteiger partial charge in [-0.05, 0) is 42.7 Å². The van der Waals surface area contributed by atoms with Crippen LogP contribution in [0.4, 0.5) is 5.69 Å². The number of piperazine rings is 1. The highest BCUT2D eigenvalue weighted by Gasteiger charge is 2.26. The molecule has 8 nitrogen and oxygen atoms in total. The largest absolute Gasteiger partial charge is 0.493 e. The number of para-hydroxylation sites is 1. The Balaban J connectivity index is 1.18. The van der Waals surface area contributed by atoms with Gasteiger partial charge in [0.15, 0.2) is 11.5 Å². The van der Waals surface area contributed by atoms with Crippen LogP contribution in [0, 0.1) is 5.92 Å². The number of anilines is 1. The smallest absolute Gasteiger partial charge is 0.254 e. The number of methoxy groups -OCH3 is 2. The summed E-state index contributed by atoms with van der Waals surface area (Å²) in [5, 5.41) is 3.11. The lowest BCUT2D eigenvalue weighted by atomic mass is 10.1. The van der Waals surface area contributed by atoms with Crippen molar-refractivity contribution in [2.24, 2.45) is 5.92 Å². The molecule has 8 heteroatoms. The molecule has 0 saturated carbocycles. The van der Waals surface area contributed by atoms with Gasteiger partial charge >= 0.3 is 0 Å². The van der Waals surface area contributed by atoms with E-state index in [0.29, 0.717) is 62.2 Å². The first kappa shape index (κ1) is 23.9. The normalized spacial score (nSPS) is 18.6. The zero-order chi connectivity index (χ0) is 23.9. The second-order valence-electron chi connectivity index (χ2n) is 8.88. The fraction of sp³-hybridized carbons (Fsp3) is 0.462. The molecule has 4 rings (SSSR count). The summed E-state index contributed by atoms with van der Waals surface area (Å²) in [5.74, 6) is 1.63. The van der Waals surface area contributed by atoms with Gasteiger partial charge in [-0.3, -0.25) is 14.5 Å². The molecular weight excluding hydrogens is 432 g/mol. The Morgan fingerprint density at radius 3 is 2.38 bits per heavy atom. The summed E-state index contributed by atoms with van der Waals surface area (Å²) in [6.45, 7) is 5.62. The van der Waals surface area contributed by atoms with Crippen LogP contribution in [0.15, 0.2) is 48.5 Å². The summed E-state index contributed by atoms with van der Waals surface area (Å²) in [5.41, 5.74) is 1.82. The minimum atomic E-state index is -0.0331. The zero-order valence-electron chi connectivity index (χ0n) is 20.0. The maximum atomic E-state index is 12.9. The predicted molar refractivity (Wildman–Crippen MR) is 132 cm³/mol. The summed E-state index contributed by atoms with van der Waals surface area (Å²) in [6.07, 6.45) is 1.09. The van der Waals surface area contributed by atoms with Crippen molar-refractivity contribution >= 4 is 17.5 Å². The van der Waals surface area contributed by atoms with Crippen molar-refractivity contribution in [3.05, 3.63) is 54.1 Å². The Morgan fingerprint density at radius 2 is 1.68 bits per heavy atom. The number of benzene rings is 2. The molecule has 2 aromatic carbocycles. The van der Waals surface area contributed by atoms with Gasteiger partial charge in [0.25, 0.3) is 5.91 Å². The van der Waals surface area contributed by atoms with Crippen molar-refractivity contribution in [3.8, 4) is 11.5 Å². The minimum absolute atomic E-state index is 0.0331. The fourth-order valence-corrected chi connectivity index (χ4v) is 4.65. The van der Waals surface area contributed by atoms with Gasteiger partial charge in [0.1, 0.15) is 0 Å². The summed E-state index contributed by atoms with van der Waals surface area (Å²) in [4.78, 5) is 31.7. The number of nitrogens with one attached hydrogen (secondary N) is 1. The maximum absolute atomic E-state index is 12.9. The maximum Gasteiger partial charge on any atom is 0.254 e. The van der Waals surface area contributed by atoms with Gasteiger partial charge in [-0.1, -0.05) is 18.2 Å². The van der Waals surface area contributed by atoms with Gasteiger partial charge in [-0.25, -0.2) is 0 Å². The number of carbonyl (C=O) groups excluding carboxylic acids is 2. The van der Waals surface area contributed by atoms with E-state index < -0.39 is 0 Å². The average molecular weight is 467 g/mol. The molecule has 0 aromatic heterocycles. The van der Waals surface area contributed by atoms with Crippen LogP contribution in [0.5, 0.6) is 11.5 Å². The van der Waals surface area contributed by atoms with E-state index in [1.165, 1.54) is 5.69 Å². The van der Waals surface area contributed by atoms with Gasteiger partial charge < -0.3 is 24.6 Å². The van der Waals surface area contributed by atoms with Crippen LogP contribution in [0.1, 0.15) is 16.8 Å². The van der Waals surface area contributed by atoms with E-state index in [0.717, 1.165) is 19.5 Å². The van der Waals surface area contributed by atoms with Gasteiger partial charge in [0.05, 0.1) is 20.8 Å². The molecule has 182 valence electrons. The Morgan fingerprint density at radius 1 is 0.941 bits per heavy atom. The van der Waals surface area contributed by atoms with E-state index in [1.807, 2.05) is 11.0 Å². The monoisotopic (exact) mass is 466 g/mol. The summed E-state index contributed by atoms with van der Waals surface area (Å²) in [7, 11) is 3.13. The highest BCUT2D eigenvalue weighted by molar-refractivity contribution is 5.95. The van der Waals surface area contributed by atoms with Crippen LogP contribution in [-0.4, -0.2) is 88.2 Å². The molecule has 2 aliphatic heterocycles. The van der Waals surface area contributed by atoms with Gasteiger partial charge in [0.2, 0.25) is 5.91 Å². The lowest BCUT2D eigenvalue weighted by molar-refractivity contribution is -0.122. The summed E-state index contributed by atoms with van der Waals surface area (Å²) < 4.78 is 10.6. The first-order valence-corrected chi connectivity index (χ1v) is 11.9. The molecule has 0 aliphatic carbocycles. The Kier molecular flexibility index (Phi) is 7.90. The molecule has 1 N–H and O–H groups in total. The van der Waals surface area contributed by atoms with Crippen LogP contribution in [0.3, 0.4) is 0 Å². The summed E-state index contributed by atoms with van der Waals surface area (Å²) in [6, 6.07) is 15.6. The van der Waals surface area contributed by atoms with Gasteiger partial charge in [-0.15, -0.1) is 0 Å². The summed E-state index contributed by atoms with van der Waals surface area (Å²) >= 11 is 0. The highest BCUT2D eigenvalue weighted by atomic mass is 16.5. The third kappa shape index (κ3) is 5.80. The van der Waals surface area contributed by atoms with Crippen molar-refractivity contribution in [2.45, 2.75) is 6.42 Å².